The van der Waals surface area contributed by atoms with Gasteiger partial charge in [0.2, 0.25) is 0 Å². The Balaban J connectivity index is 1.19. The summed E-state index contributed by atoms with van der Waals surface area (Å²) in [6.45, 7) is 0. The molecule has 12 rings (SSSR count). The molecular formula is C60H42N2Si. The molecule has 296 valence electrons. The molecule has 0 radical (unpaired) electrons. The predicted octanol–water partition coefficient (Wildman–Crippen LogP) is 12.6. The lowest BCUT2D eigenvalue weighted by Crippen LogP contribution is -2.75. The van der Waals surface area contributed by atoms with E-state index in [1.807, 2.05) is 0 Å². The van der Waals surface area contributed by atoms with E-state index in [2.05, 4.69) is 264 Å². The van der Waals surface area contributed by atoms with Crippen LogP contribution in [0.3, 0.4) is 0 Å². The van der Waals surface area contributed by atoms with Crippen molar-refractivity contribution in [2.75, 3.05) is 0 Å². The molecule has 10 aromatic carbocycles. The van der Waals surface area contributed by atoms with Gasteiger partial charge in [0.15, 0.2) is 8.07 Å². The van der Waals surface area contributed by atoms with Crippen LogP contribution in [0.4, 0.5) is 0 Å². The SMILES string of the molecule is c1ccc(-c2ccccc2-n2c3ccccc3c3ccc(-n4c5ccccc5c5cc([Si](c6ccccc6)(c6ccccc6)c6ccccc6)c(-c6ccccc6)cc54)cc32)cc1. The lowest BCUT2D eigenvalue weighted by Gasteiger charge is -2.36. The van der Waals surface area contributed by atoms with Crippen molar-refractivity contribution >= 4 is 72.4 Å². The van der Waals surface area contributed by atoms with Crippen LogP contribution in [0, 0.1) is 0 Å². The first-order chi connectivity index (χ1) is 31.3. The minimum atomic E-state index is -2.95. The highest BCUT2D eigenvalue weighted by Crippen LogP contribution is 2.40. The molecular weight excluding hydrogens is 777 g/mol. The smallest absolute Gasteiger partial charge is 0.180 e. The maximum atomic E-state index is 2.57. The molecule has 0 aliphatic heterocycles. The minimum Gasteiger partial charge on any atom is -0.309 e. The first-order valence-corrected chi connectivity index (χ1v) is 23.8. The van der Waals surface area contributed by atoms with Gasteiger partial charge in [-0.15, -0.1) is 0 Å². The molecule has 12 aromatic rings. The predicted molar refractivity (Wildman–Crippen MR) is 270 cm³/mol. The van der Waals surface area contributed by atoms with Crippen molar-refractivity contribution in [1.29, 1.82) is 0 Å². The van der Waals surface area contributed by atoms with Crippen LogP contribution in [0.25, 0.3) is 77.2 Å². The van der Waals surface area contributed by atoms with Gasteiger partial charge in [-0.1, -0.05) is 218 Å². The Morgan fingerprint density at radius 3 is 1.29 bits per heavy atom. The van der Waals surface area contributed by atoms with Gasteiger partial charge in [0, 0.05) is 32.8 Å². The zero-order chi connectivity index (χ0) is 41.7. The summed E-state index contributed by atoms with van der Waals surface area (Å²) in [5, 5.41) is 10.4. The molecule has 0 saturated heterocycles. The van der Waals surface area contributed by atoms with Gasteiger partial charge in [-0.05, 0) is 73.8 Å². The molecule has 2 heterocycles. The Morgan fingerprint density at radius 1 is 0.270 bits per heavy atom. The first-order valence-electron chi connectivity index (χ1n) is 21.8. The van der Waals surface area contributed by atoms with Crippen molar-refractivity contribution in [3.63, 3.8) is 0 Å². The summed E-state index contributed by atoms with van der Waals surface area (Å²) in [5.74, 6) is 0. The molecule has 2 nitrogen and oxygen atoms in total. The van der Waals surface area contributed by atoms with Gasteiger partial charge in [-0.25, -0.2) is 0 Å². The van der Waals surface area contributed by atoms with Crippen molar-refractivity contribution in [2.45, 2.75) is 0 Å². The molecule has 0 saturated carbocycles. The van der Waals surface area contributed by atoms with Gasteiger partial charge in [0.05, 0.1) is 27.8 Å². The van der Waals surface area contributed by atoms with E-state index < -0.39 is 8.07 Å². The summed E-state index contributed by atoms with van der Waals surface area (Å²) in [4.78, 5) is 0. The van der Waals surface area contributed by atoms with Crippen LogP contribution < -0.4 is 20.7 Å². The Hall–Kier alpha value is -7.98. The largest absolute Gasteiger partial charge is 0.309 e. The summed E-state index contributed by atoms with van der Waals surface area (Å²) in [6.07, 6.45) is 0. The van der Waals surface area contributed by atoms with Crippen LogP contribution in [-0.4, -0.2) is 17.2 Å². The molecule has 0 bridgehead atoms. The topological polar surface area (TPSA) is 9.86 Å². The zero-order valence-electron chi connectivity index (χ0n) is 34.6. The van der Waals surface area contributed by atoms with Gasteiger partial charge in [-0.3, -0.25) is 0 Å². The Bertz CT molecular complexity index is 3500. The average Bonchev–Trinajstić information content (AvgIpc) is 3.87. The number of hydrogen-bond donors (Lipinski definition) is 0. The highest BCUT2D eigenvalue weighted by atomic mass is 28.3. The molecule has 0 atom stereocenters. The number of benzene rings is 10. The third-order valence-corrected chi connectivity index (χ3v) is 17.9. The van der Waals surface area contributed by atoms with Crippen LogP contribution >= 0.6 is 0 Å². The maximum Gasteiger partial charge on any atom is 0.180 e. The van der Waals surface area contributed by atoms with E-state index >= 15 is 0 Å². The second-order valence-electron chi connectivity index (χ2n) is 16.4. The Labute approximate surface area is 368 Å². The molecule has 3 heteroatoms. The van der Waals surface area contributed by atoms with Crippen LogP contribution in [0.5, 0.6) is 0 Å². The number of nitrogens with zero attached hydrogens (tertiary/aromatic N) is 2. The molecule has 0 aliphatic rings. The second kappa shape index (κ2) is 15.2. The molecule has 0 amide bonds. The standard InChI is InChI=1S/C60H42N2Si/c1-6-22-43(23-7-1)49-32-16-19-35-55(49)62-57-37-21-17-33-50(57)52-39-38-45(40-58(52)62)61-56-36-20-18-34-51(56)54-42-60(53(41-59(54)61)44-24-8-2-9-25-44)63(46-26-10-3-11-27-46,47-28-12-4-13-29-47)48-30-14-5-15-31-48/h1-42H. The molecule has 0 spiro atoms. The van der Waals surface area contributed by atoms with E-state index in [-0.39, 0.29) is 0 Å². The van der Waals surface area contributed by atoms with E-state index in [9.17, 15) is 0 Å². The first kappa shape index (κ1) is 36.8. The molecule has 2 aromatic heterocycles. The fourth-order valence-corrected chi connectivity index (χ4v) is 15.4. The van der Waals surface area contributed by atoms with Crippen molar-refractivity contribution in [3.05, 3.63) is 255 Å². The fraction of sp³-hybridized carbons (Fsp3) is 0. The van der Waals surface area contributed by atoms with Crippen molar-refractivity contribution in [1.82, 2.24) is 9.13 Å². The van der Waals surface area contributed by atoms with Gasteiger partial charge >= 0.3 is 0 Å². The van der Waals surface area contributed by atoms with E-state index in [1.165, 1.54) is 86.6 Å². The number of fused-ring (bicyclic) bond motifs is 6. The summed E-state index contributed by atoms with van der Waals surface area (Å²) in [6, 6.07) is 94.4. The van der Waals surface area contributed by atoms with Crippen LogP contribution in [0.2, 0.25) is 0 Å². The number of aromatic nitrogens is 2. The normalized spacial score (nSPS) is 11.8. The van der Waals surface area contributed by atoms with Crippen molar-refractivity contribution in [2.24, 2.45) is 0 Å². The van der Waals surface area contributed by atoms with E-state index in [1.54, 1.807) is 0 Å². The average molecular weight is 819 g/mol. The minimum absolute atomic E-state index is 1.12. The molecule has 63 heavy (non-hydrogen) atoms. The fourth-order valence-electron chi connectivity index (χ4n) is 10.4. The van der Waals surface area contributed by atoms with E-state index in [0.717, 1.165) is 11.4 Å². The third-order valence-electron chi connectivity index (χ3n) is 13.1. The maximum absolute atomic E-state index is 2.95. The van der Waals surface area contributed by atoms with Gasteiger partial charge in [-0.2, -0.15) is 0 Å². The highest BCUT2D eigenvalue weighted by Gasteiger charge is 2.43. The number of hydrogen-bond acceptors (Lipinski definition) is 0. The molecule has 0 fully saturated rings. The number of para-hydroxylation sites is 3. The summed E-state index contributed by atoms with van der Waals surface area (Å²) in [5.41, 5.74) is 11.9. The monoisotopic (exact) mass is 818 g/mol. The van der Waals surface area contributed by atoms with Gasteiger partial charge < -0.3 is 9.13 Å². The van der Waals surface area contributed by atoms with Crippen LogP contribution in [-0.2, 0) is 0 Å². The molecule has 0 aliphatic carbocycles. The zero-order valence-corrected chi connectivity index (χ0v) is 35.6. The van der Waals surface area contributed by atoms with Gasteiger partial charge in [0.25, 0.3) is 0 Å². The molecule has 0 N–H and O–H groups in total. The van der Waals surface area contributed by atoms with Gasteiger partial charge in [0.1, 0.15) is 0 Å². The summed E-state index contributed by atoms with van der Waals surface area (Å²) >= 11 is 0. The van der Waals surface area contributed by atoms with E-state index in [0.29, 0.717) is 0 Å². The highest BCUT2D eigenvalue weighted by molar-refractivity contribution is 7.20. The third kappa shape index (κ3) is 5.85. The Kier molecular flexibility index (Phi) is 8.87. The second-order valence-corrected chi connectivity index (χ2v) is 20.2. The lowest BCUT2D eigenvalue weighted by molar-refractivity contribution is 1.16. The van der Waals surface area contributed by atoms with Crippen molar-refractivity contribution in [3.8, 4) is 33.6 Å². The summed E-state index contributed by atoms with van der Waals surface area (Å²) in [7, 11) is -2.95. The lowest BCUT2D eigenvalue weighted by atomic mass is 10.0. The van der Waals surface area contributed by atoms with Crippen LogP contribution in [0.15, 0.2) is 255 Å². The quantitative estimate of drug-likeness (QED) is 0.107. The summed E-state index contributed by atoms with van der Waals surface area (Å²) < 4.78 is 4.97. The Morgan fingerprint density at radius 2 is 0.698 bits per heavy atom. The van der Waals surface area contributed by atoms with Crippen molar-refractivity contribution < 1.29 is 0 Å². The number of rotatable bonds is 8. The van der Waals surface area contributed by atoms with Crippen LogP contribution in [0.1, 0.15) is 0 Å². The van der Waals surface area contributed by atoms with E-state index in [4.69, 9.17) is 0 Å². The molecule has 0 unspecified atom stereocenters.